The van der Waals surface area contributed by atoms with Gasteiger partial charge in [-0.25, -0.2) is 9.13 Å². The molecule has 0 rings (SSSR count). The van der Waals surface area contributed by atoms with E-state index in [-0.39, 0.29) is 25.7 Å². The van der Waals surface area contributed by atoms with E-state index < -0.39 is 97.5 Å². The number of carbonyl (C=O) groups is 4. The van der Waals surface area contributed by atoms with Crippen LogP contribution in [-0.2, 0) is 65.4 Å². The molecule has 0 aromatic rings. The molecule has 0 bridgehead atoms. The molecule has 3 N–H and O–H groups in total. The fraction of sp³-hybridized carbons (Fsp3) is 0.947. The molecule has 0 aliphatic heterocycles. The molecule has 0 aromatic carbocycles. The second-order valence-corrected chi connectivity index (χ2v) is 31.0. The van der Waals surface area contributed by atoms with Crippen molar-refractivity contribution in [3.8, 4) is 0 Å². The van der Waals surface area contributed by atoms with Gasteiger partial charge in [0.05, 0.1) is 26.4 Å². The molecule has 17 nitrogen and oxygen atoms in total. The van der Waals surface area contributed by atoms with Gasteiger partial charge in [0.25, 0.3) is 0 Å². The molecule has 564 valence electrons. The van der Waals surface area contributed by atoms with Gasteiger partial charge in [-0.15, -0.1) is 0 Å². The number of rotatable bonds is 75. The third-order valence-corrected chi connectivity index (χ3v) is 20.0. The molecule has 0 aromatic heterocycles. The topological polar surface area (TPSA) is 237 Å². The fourth-order valence-electron chi connectivity index (χ4n) is 11.6. The van der Waals surface area contributed by atoms with Crippen molar-refractivity contribution >= 4 is 39.5 Å². The maximum atomic E-state index is 13.1. The lowest BCUT2D eigenvalue weighted by molar-refractivity contribution is -0.161. The van der Waals surface area contributed by atoms with Gasteiger partial charge in [0.1, 0.15) is 19.3 Å². The molecule has 0 amide bonds. The summed E-state index contributed by atoms with van der Waals surface area (Å²) in [5.41, 5.74) is 0. The second-order valence-electron chi connectivity index (χ2n) is 28.1. The Balaban J connectivity index is 5.14. The minimum absolute atomic E-state index is 0.102. The summed E-state index contributed by atoms with van der Waals surface area (Å²) in [6, 6.07) is 0. The van der Waals surface area contributed by atoms with Crippen molar-refractivity contribution in [3.05, 3.63) is 0 Å². The molecule has 0 fully saturated rings. The Morgan fingerprint density at radius 3 is 0.800 bits per heavy atom. The van der Waals surface area contributed by atoms with Crippen LogP contribution in [0, 0.1) is 11.8 Å². The van der Waals surface area contributed by atoms with Gasteiger partial charge in [0, 0.05) is 25.7 Å². The standard InChI is InChI=1S/C76H148O17P2/c1-7-10-12-14-16-17-18-19-20-21-22-23-24-25-26-31-34-37-41-48-54-60-75(80)92-71(65-87-74(79)59-53-47-40-36-33-30-28-27-29-32-35-39-45-51-57-69(6)9-3)66-90-94(82,83)88-62-70(77)63-89-95(84,85)91-67-72(64-86-73(78)58-52-46-38-15-13-11-8-2)93-76(81)61-55-49-43-42-44-50-56-68(4)5/h68-72,77H,7-67H2,1-6H3,(H,82,83)(H,84,85)/t69?,70-,71-,72-/m1/s1. The summed E-state index contributed by atoms with van der Waals surface area (Å²) in [6.45, 7) is 9.51. The molecule has 0 heterocycles. The lowest BCUT2D eigenvalue weighted by Crippen LogP contribution is -2.30. The van der Waals surface area contributed by atoms with Crippen molar-refractivity contribution in [1.82, 2.24) is 0 Å². The van der Waals surface area contributed by atoms with Gasteiger partial charge >= 0.3 is 39.5 Å². The molecular weight excluding hydrogens is 1250 g/mol. The van der Waals surface area contributed by atoms with E-state index in [4.69, 9.17) is 37.0 Å². The molecule has 6 atom stereocenters. The Morgan fingerprint density at radius 2 is 0.537 bits per heavy atom. The third-order valence-electron chi connectivity index (χ3n) is 18.1. The molecule has 95 heavy (non-hydrogen) atoms. The number of aliphatic hydroxyl groups excluding tert-OH is 1. The number of phosphoric ester groups is 2. The lowest BCUT2D eigenvalue weighted by Gasteiger charge is -2.21. The summed E-state index contributed by atoms with van der Waals surface area (Å²) in [6.07, 6.45) is 56.0. The normalized spacial score (nSPS) is 14.3. The van der Waals surface area contributed by atoms with Crippen molar-refractivity contribution in [2.75, 3.05) is 39.6 Å². The Hall–Kier alpha value is -1.94. The van der Waals surface area contributed by atoms with Crippen LogP contribution in [0.25, 0.3) is 0 Å². The maximum absolute atomic E-state index is 13.1. The average molecular weight is 1400 g/mol. The third kappa shape index (κ3) is 69.0. The van der Waals surface area contributed by atoms with Gasteiger partial charge in [-0.3, -0.25) is 37.3 Å². The molecule has 0 spiro atoms. The first-order valence-electron chi connectivity index (χ1n) is 39.5. The Morgan fingerprint density at radius 1 is 0.305 bits per heavy atom. The summed E-state index contributed by atoms with van der Waals surface area (Å²) in [5.74, 6) is -0.607. The number of aliphatic hydroxyl groups is 1. The largest absolute Gasteiger partial charge is 0.472 e. The molecule has 3 unspecified atom stereocenters. The lowest BCUT2D eigenvalue weighted by atomic mass is 9.99. The first kappa shape index (κ1) is 93.1. The van der Waals surface area contributed by atoms with Crippen LogP contribution in [0.3, 0.4) is 0 Å². The zero-order valence-corrected chi connectivity index (χ0v) is 63.8. The molecule has 0 aliphatic rings. The van der Waals surface area contributed by atoms with Gasteiger partial charge in [-0.2, -0.15) is 0 Å². The van der Waals surface area contributed by atoms with Crippen LogP contribution >= 0.6 is 15.6 Å². The Kier molecular flexibility index (Phi) is 66.5. The number of hydrogen-bond donors (Lipinski definition) is 3. The van der Waals surface area contributed by atoms with Crippen LogP contribution in [0.1, 0.15) is 395 Å². The van der Waals surface area contributed by atoms with Crippen molar-refractivity contribution in [2.45, 2.75) is 413 Å². The highest BCUT2D eigenvalue weighted by Gasteiger charge is 2.30. The molecule has 19 heteroatoms. The van der Waals surface area contributed by atoms with Gasteiger partial charge in [-0.1, -0.05) is 343 Å². The zero-order chi connectivity index (χ0) is 70.0. The minimum Gasteiger partial charge on any atom is -0.462 e. The highest BCUT2D eigenvalue weighted by atomic mass is 31.2. The smallest absolute Gasteiger partial charge is 0.462 e. The van der Waals surface area contributed by atoms with E-state index in [1.54, 1.807) is 0 Å². The van der Waals surface area contributed by atoms with Gasteiger partial charge in [0.2, 0.25) is 0 Å². The second kappa shape index (κ2) is 67.9. The van der Waals surface area contributed by atoms with Gasteiger partial charge < -0.3 is 33.8 Å². The number of esters is 4. The summed E-state index contributed by atoms with van der Waals surface area (Å²) in [7, 11) is -9.90. The van der Waals surface area contributed by atoms with E-state index in [2.05, 4.69) is 41.5 Å². The van der Waals surface area contributed by atoms with Gasteiger partial charge in [0.15, 0.2) is 12.2 Å². The summed E-state index contributed by atoms with van der Waals surface area (Å²) >= 11 is 0. The predicted octanol–water partition coefficient (Wildman–Crippen LogP) is 22.3. The van der Waals surface area contributed by atoms with Crippen LogP contribution in [-0.4, -0.2) is 96.7 Å². The minimum atomic E-state index is -4.96. The molecular formula is C76H148O17P2. The van der Waals surface area contributed by atoms with Crippen molar-refractivity contribution in [2.24, 2.45) is 11.8 Å². The number of ether oxygens (including phenoxy) is 4. The first-order valence-corrected chi connectivity index (χ1v) is 42.5. The van der Waals surface area contributed by atoms with E-state index >= 15 is 0 Å². The fourth-order valence-corrected chi connectivity index (χ4v) is 13.2. The van der Waals surface area contributed by atoms with E-state index in [1.165, 1.54) is 199 Å². The van der Waals surface area contributed by atoms with Gasteiger partial charge in [-0.05, 0) is 37.5 Å². The highest BCUT2D eigenvalue weighted by molar-refractivity contribution is 7.47. The van der Waals surface area contributed by atoms with Crippen LogP contribution in [0.5, 0.6) is 0 Å². The van der Waals surface area contributed by atoms with Crippen LogP contribution < -0.4 is 0 Å². The van der Waals surface area contributed by atoms with Crippen molar-refractivity contribution in [1.29, 1.82) is 0 Å². The Bertz CT molecular complexity index is 1840. The molecule has 0 saturated heterocycles. The first-order chi connectivity index (χ1) is 45.9. The van der Waals surface area contributed by atoms with E-state index in [9.17, 15) is 43.2 Å². The molecule has 0 saturated carbocycles. The number of hydrogen-bond acceptors (Lipinski definition) is 15. The number of carbonyl (C=O) groups excluding carboxylic acids is 4. The van der Waals surface area contributed by atoms with Crippen LogP contribution in [0.15, 0.2) is 0 Å². The zero-order valence-electron chi connectivity index (χ0n) is 62.0. The molecule has 0 radical (unpaired) electrons. The number of unbranched alkanes of at least 4 members (excludes halogenated alkanes) is 44. The quantitative estimate of drug-likeness (QED) is 0.0222. The highest BCUT2D eigenvalue weighted by Crippen LogP contribution is 2.45. The predicted molar refractivity (Wildman–Crippen MR) is 386 cm³/mol. The average Bonchev–Trinajstić information content (AvgIpc) is 2.86. The van der Waals surface area contributed by atoms with Crippen LogP contribution in [0.4, 0.5) is 0 Å². The summed E-state index contributed by atoms with van der Waals surface area (Å²) < 4.78 is 68.3. The maximum Gasteiger partial charge on any atom is 0.472 e. The van der Waals surface area contributed by atoms with E-state index in [0.29, 0.717) is 31.6 Å². The summed E-state index contributed by atoms with van der Waals surface area (Å²) in [5, 5.41) is 10.6. The molecule has 0 aliphatic carbocycles. The SMILES string of the molecule is CCCCCCCCCCCCCCCCCCCCCCCC(=O)O[C@H](COC(=O)CCCCCCCCCCCCCCCCC(C)CC)COP(=O)(O)OC[C@@H](O)COP(=O)(O)OC[C@@H](COC(=O)CCCCCCCCC)OC(=O)CCCCCCCCC(C)C. The van der Waals surface area contributed by atoms with Crippen LogP contribution in [0.2, 0.25) is 0 Å². The number of phosphoric acid groups is 2. The Labute approximate surface area is 581 Å². The monoisotopic (exact) mass is 1400 g/mol. The van der Waals surface area contributed by atoms with E-state index in [1.807, 2.05) is 0 Å². The summed E-state index contributed by atoms with van der Waals surface area (Å²) in [4.78, 5) is 72.6. The van der Waals surface area contributed by atoms with Crippen molar-refractivity contribution < 1.29 is 80.2 Å². The van der Waals surface area contributed by atoms with Crippen molar-refractivity contribution in [3.63, 3.8) is 0 Å². The van der Waals surface area contributed by atoms with E-state index in [0.717, 1.165) is 109 Å².